The summed E-state index contributed by atoms with van der Waals surface area (Å²) in [5.74, 6) is 0.660. The number of aliphatic hydroxyl groups excluding tert-OH is 1. The maximum atomic E-state index is 12.3. The number of hydrogen-bond donors (Lipinski definition) is 2. The molecule has 2 N–H and O–H groups in total. The predicted molar refractivity (Wildman–Crippen MR) is 91.0 cm³/mol. The van der Waals surface area contributed by atoms with Crippen molar-refractivity contribution in [3.63, 3.8) is 0 Å². The highest BCUT2D eigenvalue weighted by Gasteiger charge is 2.14. The van der Waals surface area contributed by atoms with Gasteiger partial charge < -0.3 is 15.2 Å². The Kier molecular flexibility index (Phi) is 6.18. The molecule has 0 aromatic heterocycles. The highest BCUT2D eigenvalue weighted by atomic mass is 16.5. The fourth-order valence-electron chi connectivity index (χ4n) is 2.55. The molecule has 1 atom stereocenters. The monoisotopic (exact) mass is 313 g/mol. The predicted octanol–water partition coefficient (Wildman–Crippen LogP) is 2.90. The van der Waals surface area contributed by atoms with Gasteiger partial charge in [0.1, 0.15) is 5.75 Å². The minimum absolute atomic E-state index is 0.0911. The van der Waals surface area contributed by atoms with Crippen LogP contribution in [0.3, 0.4) is 0 Å². The molecule has 2 aromatic rings. The van der Waals surface area contributed by atoms with Gasteiger partial charge in [0.15, 0.2) is 0 Å². The fourth-order valence-corrected chi connectivity index (χ4v) is 2.55. The maximum absolute atomic E-state index is 12.3. The van der Waals surface area contributed by atoms with E-state index in [0.29, 0.717) is 24.3 Å². The Morgan fingerprint density at radius 1 is 1.22 bits per heavy atom. The van der Waals surface area contributed by atoms with Gasteiger partial charge in [0, 0.05) is 24.6 Å². The molecule has 0 fully saturated rings. The molecule has 1 unspecified atom stereocenters. The van der Waals surface area contributed by atoms with E-state index in [1.54, 1.807) is 19.2 Å². The van der Waals surface area contributed by atoms with Crippen molar-refractivity contribution >= 4 is 5.91 Å². The first-order valence-electron chi connectivity index (χ1n) is 7.74. The normalized spacial score (nSPS) is 11.8. The molecular formula is C19H23NO3. The summed E-state index contributed by atoms with van der Waals surface area (Å²) < 4.78 is 5.26. The fraction of sp³-hybridized carbons (Fsp3) is 0.316. The topological polar surface area (TPSA) is 58.6 Å². The summed E-state index contributed by atoms with van der Waals surface area (Å²) in [6, 6.07) is 15.3. The standard InChI is InChI=1S/C19H23NO3/c1-14-8-9-16(12-18(14)23-2)19(22)20-13-17(10-11-21)15-6-4-3-5-7-15/h3-9,12,17,21H,10-11,13H2,1-2H3,(H,20,22). The number of benzene rings is 2. The number of hydrogen-bond acceptors (Lipinski definition) is 3. The van der Waals surface area contributed by atoms with Crippen LogP contribution in [0.25, 0.3) is 0 Å². The third-order valence-electron chi connectivity index (χ3n) is 3.93. The Labute approximate surface area is 137 Å². The third kappa shape index (κ3) is 4.57. The van der Waals surface area contributed by atoms with Crippen molar-refractivity contribution in [2.75, 3.05) is 20.3 Å². The van der Waals surface area contributed by atoms with Gasteiger partial charge in [-0.3, -0.25) is 4.79 Å². The van der Waals surface area contributed by atoms with Crippen LogP contribution in [-0.2, 0) is 0 Å². The molecule has 122 valence electrons. The van der Waals surface area contributed by atoms with Crippen molar-refractivity contribution < 1.29 is 14.6 Å². The number of aryl methyl sites for hydroxylation is 1. The lowest BCUT2D eigenvalue weighted by atomic mass is 9.96. The van der Waals surface area contributed by atoms with Crippen LogP contribution in [0.5, 0.6) is 5.75 Å². The van der Waals surface area contributed by atoms with Gasteiger partial charge >= 0.3 is 0 Å². The van der Waals surface area contributed by atoms with E-state index in [0.717, 1.165) is 11.1 Å². The van der Waals surface area contributed by atoms with Gasteiger partial charge in [-0.2, -0.15) is 0 Å². The number of carbonyl (C=O) groups is 1. The molecule has 2 aromatic carbocycles. The first kappa shape index (κ1) is 17.0. The SMILES string of the molecule is COc1cc(C(=O)NCC(CCO)c2ccccc2)ccc1C. The second-order valence-corrected chi connectivity index (χ2v) is 5.51. The van der Waals surface area contributed by atoms with E-state index in [2.05, 4.69) is 5.32 Å². The van der Waals surface area contributed by atoms with Crippen molar-refractivity contribution in [3.8, 4) is 5.75 Å². The van der Waals surface area contributed by atoms with Gasteiger partial charge in [-0.15, -0.1) is 0 Å². The maximum Gasteiger partial charge on any atom is 0.251 e. The van der Waals surface area contributed by atoms with E-state index in [4.69, 9.17) is 4.74 Å². The van der Waals surface area contributed by atoms with Crippen LogP contribution in [0.15, 0.2) is 48.5 Å². The van der Waals surface area contributed by atoms with Crippen LogP contribution < -0.4 is 10.1 Å². The second kappa shape index (κ2) is 8.34. The smallest absolute Gasteiger partial charge is 0.251 e. The number of rotatable bonds is 7. The lowest BCUT2D eigenvalue weighted by molar-refractivity contribution is 0.0949. The van der Waals surface area contributed by atoms with E-state index in [1.807, 2.05) is 43.3 Å². The number of aliphatic hydroxyl groups is 1. The van der Waals surface area contributed by atoms with Crippen LogP contribution >= 0.6 is 0 Å². The molecule has 0 saturated carbocycles. The average Bonchev–Trinajstić information content (AvgIpc) is 2.59. The first-order chi connectivity index (χ1) is 11.2. The Balaban J connectivity index is 2.04. The summed E-state index contributed by atoms with van der Waals surface area (Å²) in [7, 11) is 1.59. The molecule has 4 nitrogen and oxygen atoms in total. The molecule has 0 aliphatic carbocycles. The molecular weight excluding hydrogens is 290 g/mol. The molecule has 23 heavy (non-hydrogen) atoms. The number of methoxy groups -OCH3 is 1. The zero-order valence-electron chi connectivity index (χ0n) is 13.6. The molecule has 0 aliphatic heterocycles. The van der Waals surface area contributed by atoms with Gasteiger partial charge in [-0.05, 0) is 36.6 Å². The number of ether oxygens (including phenoxy) is 1. The zero-order valence-corrected chi connectivity index (χ0v) is 13.6. The Bertz CT molecular complexity index is 640. The first-order valence-corrected chi connectivity index (χ1v) is 7.74. The molecule has 2 rings (SSSR count). The van der Waals surface area contributed by atoms with Gasteiger partial charge in [0.05, 0.1) is 7.11 Å². The van der Waals surface area contributed by atoms with Gasteiger partial charge in [-0.25, -0.2) is 0 Å². The summed E-state index contributed by atoms with van der Waals surface area (Å²) in [4.78, 5) is 12.3. The molecule has 0 aliphatic rings. The minimum atomic E-state index is -0.137. The lowest BCUT2D eigenvalue weighted by Gasteiger charge is -2.17. The van der Waals surface area contributed by atoms with Gasteiger partial charge in [0.25, 0.3) is 5.91 Å². The van der Waals surface area contributed by atoms with Crippen molar-refractivity contribution in [1.82, 2.24) is 5.32 Å². The Morgan fingerprint density at radius 2 is 1.96 bits per heavy atom. The number of nitrogens with one attached hydrogen (secondary N) is 1. The zero-order chi connectivity index (χ0) is 16.7. The van der Waals surface area contributed by atoms with Gasteiger partial charge in [-0.1, -0.05) is 36.4 Å². The van der Waals surface area contributed by atoms with Crippen LogP contribution in [-0.4, -0.2) is 31.3 Å². The van der Waals surface area contributed by atoms with Crippen LogP contribution in [0.4, 0.5) is 0 Å². The summed E-state index contributed by atoms with van der Waals surface area (Å²) in [5.41, 5.74) is 2.68. The molecule has 1 amide bonds. The highest BCUT2D eigenvalue weighted by molar-refractivity contribution is 5.94. The molecule has 0 spiro atoms. The van der Waals surface area contributed by atoms with E-state index in [-0.39, 0.29) is 18.4 Å². The summed E-state index contributed by atoms with van der Waals surface area (Å²) >= 11 is 0. The summed E-state index contributed by atoms with van der Waals surface area (Å²) in [5, 5.41) is 12.2. The van der Waals surface area contributed by atoms with Crippen molar-refractivity contribution in [2.24, 2.45) is 0 Å². The van der Waals surface area contributed by atoms with Crippen LogP contribution in [0, 0.1) is 6.92 Å². The van der Waals surface area contributed by atoms with E-state index >= 15 is 0 Å². The minimum Gasteiger partial charge on any atom is -0.496 e. The third-order valence-corrected chi connectivity index (χ3v) is 3.93. The molecule has 0 bridgehead atoms. The quantitative estimate of drug-likeness (QED) is 0.826. The summed E-state index contributed by atoms with van der Waals surface area (Å²) in [6.07, 6.45) is 0.613. The second-order valence-electron chi connectivity index (χ2n) is 5.51. The highest BCUT2D eigenvalue weighted by Crippen LogP contribution is 2.20. The van der Waals surface area contributed by atoms with E-state index in [1.165, 1.54) is 0 Å². The van der Waals surface area contributed by atoms with E-state index < -0.39 is 0 Å². The van der Waals surface area contributed by atoms with Crippen LogP contribution in [0.1, 0.15) is 33.8 Å². The largest absolute Gasteiger partial charge is 0.496 e. The average molecular weight is 313 g/mol. The number of amides is 1. The Morgan fingerprint density at radius 3 is 2.61 bits per heavy atom. The van der Waals surface area contributed by atoms with Crippen molar-refractivity contribution in [1.29, 1.82) is 0 Å². The molecule has 4 heteroatoms. The molecule has 0 radical (unpaired) electrons. The summed E-state index contributed by atoms with van der Waals surface area (Å²) in [6.45, 7) is 2.51. The molecule has 0 heterocycles. The van der Waals surface area contributed by atoms with Gasteiger partial charge in [0.2, 0.25) is 0 Å². The van der Waals surface area contributed by atoms with Crippen molar-refractivity contribution in [2.45, 2.75) is 19.3 Å². The van der Waals surface area contributed by atoms with Crippen LogP contribution in [0.2, 0.25) is 0 Å². The van der Waals surface area contributed by atoms with E-state index in [9.17, 15) is 9.90 Å². The Hall–Kier alpha value is -2.33. The lowest BCUT2D eigenvalue weighted by Crippen LogP contribution is -2.29. The number of carbonyl (C=O) groups excluding carboxylic acids is 1. The van der Waals surface area contributed by atoms with Crippen molar-refractivity contribution in [3.05, 3.63) is 65.2 Å². The molecule has 0 saturated heterocycles.